The molecule has 0 aliphatic carbocycles. The number of para-hydroxylation sites is 1. The molecule has 2 aromatic rings. The summed E-state index contributed by atoms with van der Waals surface area (Å²) in [6.07, 6.45) is 0. The van der Waals surface area contributed by atoms with E-state index in [4.69, 9.17) is 4.74 Å². The number of ether oxygens (including phenoxy) is 1. The maximum atomic E-state index is 12.2. The fourth-order valence-electron chi connectivity index (χ4n) is 2.31. The minimum atomic E-state index is -3.69. The molecule has 0 radical (unpaired) electrons. The lowest BCUT2D eigenvalue weighted by molar-refractivity contribution is -0.385. The summed E-state index contributed by atoms with van der Waals surface area (Å²) >= 11 is 0. The molecule has 2 aromatic carbocycles. The molecular weight excluding hydrogens is 402 g/mol. The third-order valence-electron chi connectivity index (χ3n) is 3.92. The van der Waals surface area contributed by atoms with E-state index >= 15 is 0 Å². The Morgan fingerprint density at radius 3 is 2.45 bits per heavy atom. The number of rotatable bonds is 7. The Labute approximate surface area is 167 Å². The van der Waals surface area contributed by atoms with Gasteiger partial charge in [0.05, 0.1) is 9.82 Å². The molecule has 0 spiro atoms. The Balaban J connectivity index is 2.11. The zero-order valence-electron chi connectivity index (χ0n) is 15.9. The Morgan fingerprint density at radius 1 is 1.17 bits per heavy atom. The number of esters is 1. The number of nitro groups is 1. The lowest BCUT2D eigenvalue weighted by Crippen LogP contribution is -2.24. The van der Waals surface area contributed by atoms with Crippen molar-refractivity contribution in [3.05, 3.63) is 63.7 Å². The second kappa shape index (κ2) is 8.80. The SMILES string of the molecule is Cc1ccc(S(=O)(=O)N(C)C)cc1NC(=O)COC(=O)c1ccccc1[N+](=O)[O-]. The van der Waals surface area contributed by atoms with Gasteiger partial charge in [0, 0.05) is 25.8 Å². The summed E-state index contributed by atoms with van der Waals surface area (Å²) in [7, 11) is -0.925. The molecule has 0 atom stereocenters. The van der Waals surface area contributed by atoms with Gasteiger partial charge in [-0.3, -0.25) is 14.9 Å². The maximum Gasteiger partial charge on any atom is 0.345 e. The maximum absolute atomic E-state index is 12.2. The van der Waals surface area contributed by atoms with E-state index in [-0.39, 0.29) is 16.1 Å². The first-order valence-corrected chi connectivity index (χ1v) is 9.71. The smallest absolute Gasteiger partial charge is 0.345 e. The quantitative estimate of drug-likeness (QED) is 0.410. The molecule has 0 aliphatic rings. The number of hydrogen-bond donors (Lipinski definition) is 1. The molecule has 11 heteroatoms. The highest BCUT2D eigenvalue weighted by Crippen LogP contribution is 2.22. The highest BCUT2D eigenvalue weighted by Gasteiger charge is 2.22. The highest BCUT2D eigenvalue weighted by atomic mass is 32.2. The van der Waals surface area contributed by atoms with Crippen molar-refractivity contribution in [3.63, 3.8) is 0 Å². The molecule has 29 heavy (non-hydrogen) atoms. The second-order valence-corrected chi connectivity index (χ2v) is 8.31. The van der Waals surface area contributed by atoms with E-state index in [0.717, 1.165) is 10.4 Å². The number of nitrogens with zero attached hydrogens (tertiary/aromatic N) is 2. The van der Waals surface area contributed by atoms with Crippen LogP contribution in [0.3, 0.4) is 0 Å². The lowest BCUT2D eigenvalue weighted by Gasteiger charge is -2.14. The van der Waals surface area contributed by atoms with Crippen LogP contribution < -0.4 is 5.32 Å². The van der Waals surface area contributed by atoms with Crippen LogP contribution in [0.15, 0.2) is 47.4 Å². The van der Waals surface area contributed by atoms with E-state index in [1.807, 2.05) is 0 Å². The number of hydrogen-bond acceptors (Lipinski definition) is 7. The average molecular weight is 421 g/mol. The topological polar surface area (TPSA) is 136 Å². The normalized spacial score (nSPS) is 11.2. The fourth-order valence-corrected chi connectivity index (χ4v) is 3.24. The van der Waals surface area contributed by atoms with Crippen molar-refractivity contribution >= 4 is 33.3 Å². The number of anilines is 1. The van der Waals surface area contributed by atoms with E-state index < -0.39 is 39.1 Å². The van der Waals surface area contributed by atoms with E-state index in [2.05, 4.69) is 5.32 Å². The molecule has 0 unspecified atom stereocenters. The number of sulfonamides is 1. The van der Waals surface area contributed by atoms with Crippen molar-refractivity contribution in [1.29, 1.82) is 0 Å². The van der Waals surface area contributed by atoms with Crippen molar-refractivity contribution in [2.75, 3.05) is 26.0 Å². The molecule has 0 aromatic heterocycles. The molecular formula is C18H19N3O7S. The zero-order valence-corrected chi connectivity index (χ0v) is 16.7. The van der Waals surface area contributed by atoms with Crippen molar-refractivity contribution in [3.8, 4) is 0 Å². The summed E-state index contributed by atoms with van der Waals surface area (Å²) in [4.78, 5) is 34.4. The Morgan fingerprint density at radius 2 is 1.83 bits per heavy atom. The molecule has 1 amide bonds. The summed E-state index contributed by atoms with van der Waals surface area (Å²) in [5, 5.41) is 13.4. The van der Waals surface area contributed by atoms with Gasteiger partial charge >= 0.3 is 5.97 Å². The van der Waals surface area contributed by atoms with Gasteiger partial charge in [-0.05, 0) is 30.7 Å². The number of aryl methyl sites for hydroxylation is 1. The fraction of sp³-hybridized carbons (Fsp3) is 0.222. The minimum Gasteiger partial charge on any atom is -0.452 e. The molecule has 0 heterocycles. The number of nitrogens with one attached hydrogen (secondary N) is 1. The van der Waals surface area contributed by atoms with Crippen LogP contribution in [0.2, 0.25) is 0 Å². The van der Waals surface area contributed by atoms with Gasteiger partial charge < -0.3 is 10.1 Å². The monoisotopic (exact) mass is 421 g/mol. The van der Waals surface area contributed by atoms with E-state index in [0.29, 0.717) is 5.56 Å². The summed E-state index contributed by atoms with van der Waals surface area (Å²) in [6, 6.07) is 9.45. The summed E-state index contributed by atoms with van der Waals surface area (Å²) < 4.78 is 30.3. The van der Waals surface area contributed by atoms with E-state index in [1.165, 1.54) is 50.5 Å². The lowest BCUT2D eigenvalue weighted by atomic mass is 10.2. The molecule has 10 nitrogen and oxygen atoms in total. The first kappa shape index (κ1) is 22.0. The van der Waals surface area contributed by atoms with Gasteiger partial charge in [0.15, 0.2) is 6.61 Å². The van der Waals surface area contributed by atoms with Crippen molar-refractivity contribution in [2.45, 2.75) is 11.8 Å². The third kappa shape index (κ3) is 5.15. The van der Waals surface area contributed by atoms with Gasteiger partial charge in [-0.25, -0.2) is 17.5 Å². The Bertz CT molecular complexity index is 1060. The largest absolute Gasteiger partial charge is 0.452 e. The average Bonchev–Trinajstić information content (AvgIpc) is 2.67. The van der Waals surface area contributed by atoms with Crippen LogP contribution in [-0.4, -0.2) is 50.2 Å². The number of benzene rings is 2. The molecule has 2 rings (SSSR count). The first-order chi connectivity index (χ1) is 13.5. The van der Waals surface area contributed by atoms with Gasteiger partial charge in [0.2, 0.25) is 10.0 Å². The van der Waals surface area contributed by atoms with Crippen LogP contribution in [0.4, 0.5) is 11.4 Å². The summed E-state index contributed by atoms with van der Waals surface area (Å²) in [5.74, 6) is -1.74. The van der Waals surface area contributed by atoms with Crippen LogP contribution in [0.1, 0.15) is 15.9 Å². The predicted molar refractivity (Wildman–Crippen MR) is 104 cm³/mol. The molecule has 0 saturated heterocycles. The van der Waals surface area contributed by atoms with Gasteiger partial charge in [-0.15, -0.1) is 0 Å². The first-order valence-electron chi connectivity index (χ1n) is 8.27. The van der Waals surface area contributed by atoms with E-state index in [1.54, 1.807) is 6.92 Å². The molecule has 154 valence electrons. The molecule has 0 fully saturated rings. The highest BCUT2D eigenvalue weighted by molar-refractivity contribution is 7.89. The van der Waals surface area contributed by atoms with Gasteiger partial charge in [0.25, 0.3) is 11.6 Å². The van der Waals surface area contributed by atoms with Crippen LogP contribution in [0.5, 0.6) is 0 Å². The Hall–Kier alpha value is -3.31. The van der Waals surface area contributed by atoms with Gasteiger partial charge in [-0.1, -0.05) is 18.2 Å². The second-order valence-electron chi connectivity index (χ2n) is 6.16. The van der Waals surface area contributed by atoms with Gasteiger partial charge in [-0.2, -0.15) is 0 Å². The molecule has 0 aliphatic heterocycles. The zero-order chi connectivity index (χ0) is 21.8. The molecule has 0 saturated carbocycles. The van der Waals surface area contributed by atoms with Crippen molar-refractivity contribution in [2.24, 2.45) is 0 Å². The minimum absolute atomic E-state index is 0.0136. The standard InChI is InChI=1S/C18H19N3O7S/c1-12-8-9-13(29(26,27)20(2)3)10-15(12)19-17(22)11-28-18(23)14-6-4-5-7-16(14)21(24)25/h4-10H,11H2,1-3H3,(H,19,22). The van der Waals surface area contributed by atoms with Crippen LogP contribution in [0.25, 0.3) is 0 Å². The van der Waals surface area contributed by atoms with Crippen molar-refractivity contribution in [1.82, 2.24) is 4.31 Å². The Kier molecular flexibility index (Phi) is 6.67. The predicted octanol–water partition coefficient (Wildman–Crippen LogP) is 1.95. The van der Waals surface area contributed by atoms with Crippen LogP contribution in [0, 0.1) is 17.0 Å². The molecule has 1 N–H and O–H groups in total. The van der Waals surface area contributed by atoms with Crippen molar-refractivity contribution < 1.29 is 27.7 Å². The summed E-state index contributed by atoms with van der Waals surface area (Å²) in [5.41, 5.74) is 0.122. The third-order valence-corrected chi connectivity index (χ3v) is 5.73. The number of nitro benzene ring substituents is 1. The van der Waals surface area contributed by atoms with Crippen LogP contribution >= 0.6 is 0 Å². The van der Waals surface area contributed by atoms with E-state index in [9.17, 15) is 28.1 Å². The summed E-state index contributed by atoms with van der Waals surface area (Å²) in [6.45, 7) is 0.968. The number of carbonyl (C=O) groups is 2. The molecule has 0 bridgehead atoms. The van der Waals surface area contributed by atoms with Crippen LogP contribution in [-0.2, 0) is 19.6 Å². The van der Waals surface area contributed by atoms with Gasteiger partial charge in [0.1, 0.15) is 5.56 Å². The number of amides is 1. The number of carbonyl (C=O) groups excluding carboxylic acids is 2.